The van der Waals surface area contributed by atoms with Crippen LogP contribution >= 0.6 is 11.8 Å². The van der Waals surface area contributed by atoms with E-state index in [1.54, 1.807) is 0 Å². The Morgan fingerprint density at radius 1 is 1.37 bits per heavy atom. The largest absolute Gasteiger partial charge is 0.411 e. The molecule has 142 valence electrons. The highest BCUT2D eigenvalue weighted by Gasteiger charge is 2.30. The van der Waals surface area contributed by atoms with E-state index in [0.717, 1.165) is 42.3 Å². The van der Waals surface area contributed by atoms with Crippen molar-refractivity contribution in [1.82, 2.24) is 20.1 Å². The van der Waals surface area contributed by atoms with Gasteiger partial charge in [0, 0.05) is 29.7 Å². The summed E-state index contributed by atoms with van der Waals surface area (Å²) in [6.45, 7) is 4.93. The molecule has 0 radical (unpaired) electrons. The molecule has 2 unspecified atom stereocenters. The number of aromatic amines is 1. The van der Waals surface area contributed by atoms with Crippen molar-refractivity contribution in [3.05, 3.63) is 30.5 Å². The summed E-state index contributed by atoms with van der Waals surface area (Å²) in [6, 6.07) is 8.35. The number of nitrogens with one attached hydrogen (secondary N) is 1. The zero-order valence-electron chi connectivity index (χ0n) is 15.6. The van der Waals surface area contributed by atoms with Crippen LogP contribution in [0.2, 0.25) is 0 Å². The molecule has 1 amide bonds. The van der Waals surface area contributed by atoms with Crippen LogP contribution < -0.4 is 0 Å². The van der Waals surface area contributed by atoms with Gasteiger partial charge in [-0.1, -0.05) is 36.9 Å². The van der Waals surface area contributed by atoms with Crippen molar-refractivity contribution in [2.45, 2.75) is 56.0 Å². The number of fused-ring (bicyclic) bond motifs is 1. The molecule has 0 spiro atoms. The van der Waals surface area contributed by atoms with E-state index in [2.05, 4.69) is 22.1 Å². The number of nitrogens with zero attached hydrogens (tertiary/aromatic N) is 3. The summed E-state index contributed by atoms with van der Waals surface area (Å²) in [4.78, 5) is 18.1. The summed E-state index contributed by atoms with van der Waals surface area (Å²) in [5.74, 6) is 0.636. The normalized spacial score (nSPS) is 18.7. The summed E-state index contributed by atoms with van der Waals surface area (Å²) in [5.41, 5.74) is 1.91. The molecule has 1 fully saturated rings. The van der Waals surface area contributed by atoms with Gasteiger partial charge in [-0.25, -0.2) is 0 Å². The first-order valence-electron chi connectivity index (χ1n) is 9.54. The van der Waals surface area contributed by atoms with Crippen LogP contribution in [0.1, 0.15) is 39.5 Å². The lowest BCUT2D eigenvalue weighted by atomic mass is 10.00. The number of hydrogen-bond donors (Lipinski definition) is 1. The molecule has 1 saturated heterocycles. The molecule has 0 saturated carbocycles. The van der Waals surface area contributed by atoms with Crippen molar-refractivity contribution in [1.29, 1.82) is 0 Å². The third-order valence-electron chi connectivity index (χ3n) is 5.23. The van der Waals surface area contributed by atoms with Crippen molar-refractivity contribution in [3.63, 3.8) is 0 Å². The van der Waals surface area contributed by atoms with Crippen molar-refractivity contribution in [2.24, 2.45) is 0 Å². The molecule has 0 aliphatic carbocycles. The van der Waals surface area contributed by atoms with Gasteiger partial charge in [-0.15, -0.1) is 10.2 Å². The summed E-state index contributed by atoms with van der Waals surface area (Å²) in [7, 11) is 0. The molecular weight excluding hydrogens is 360 g/mol. The van der Waals surface area contributed by atoms with Crippen LogP contribution in [0.4, 0.5) is 0 Å². The van der Waals surface area contributed by atoms with Crippen LogP contribution in [-0.2, 0) is 4.79 Å². The fourth-order valence-electron chi connectivity index (χ4n) is 3.77. The highest BCUT2D eigenvalue weighted by Crippen LogP contribution is 2.32. The first-order chi connectivity index (χ1) is 13.2. The number of benzene rings is 1. The number of thioether (sulfide) groups is 1. The zero-order chi connectivity index (χ0) is 18.8. The Morgan fingerprint density at radius 2 is 2.22 bits per heavy atom. The van der Waals surface area contributed by atoms with Gasteiger partial charge in [-0.05, 0) is 38.7 Å². The molecule has 3 aromatic rings. The lowest BCUT2D eigenvalue weighted by Crippen LogP contribution is -2.46. The van der Waals surface area contributed by atoms with Crippen molar-refractivity contribution >= 4 is 28.6 Å². The molecule has 0 bridgehead atoms. The summed E-state index contributed by atoms with van der Waals surface area (Å²) in [5, 5.41) is 9.56. The maximum Gasteiger partial charge on any atom is 0.277 e. The Balaban J connectivity index is 1.48. The third kappa shape index (κ3) is 3.60. The molecule has 1 N–H and O–H groups in total. The fraction of sp³-hybridized carbons (Fsp3) is 0.450. The Hall–Kier alpha value is -2.28. The van der Waals surface area contributed by atoms with Gasteiger partial charge < -0.3 is 14.3 Å². The molecule has 6 nitrogen and oxygen atoms in total. The maximum atomic E-state index is 12.9. The van der Waals surface area contributed by atoms with Gasteiger partial charge in [-0.3, -0.25) is 4.79 Å². The van der Waals surface area contributed by atoms with E-state index in [-0.39, 0.29) is 11.2 Å². The van der Waals surface area contributed by atoms with Gasteiger partial charge in [0.2, 0.25) is 5.91 Å². The summed E-state index contributed by atoms with van der Waals surface area (Å²) in [6.07, 6.45) is 6.28. The van der Waals surface area contributed by atoms with E-state index in [4.69, 9.17) is 4.42 Å². The van der Waals surface area contributed by atoms with Crippen molar-refractivity contribution in [3.8, 4) is 11.5 Å². The predicted molar refractivity (Wildman–Crippen MR) is 107 cm³/mol. The van der Waals surface area contributed by atoms with E-state index < -0.39 is 0 Å². The van der Waals surface area contributed by atoms with E-state index in [1.165, 1.54) is 18.2 Å². The number of amides is 1. The van der Waals surface area contributed by atoms with E-state index in [1.807, 2.05) is 42.3 Å². The molecule has 2 atom stereocenters. The van der Waals surface area contributed by atoms with E-state index in [0.29, 0.717) is 17.2 Å². The van der Waals surface area contributed by atoms with Gasteiger partial charge in [0.05, 0.1) is 10.8 Å². The number of carbonyl (C=O) groups is 1. The van der Waals surface area contributed by atoms with Gasteiger partial charge in [-0.2, -0.15) is 0 Å². The topological polar surface area (TPSA) is 75.0 Å². The van der Waals surface area contributed by atoms with E-state index in [9.17, 15) is 4.79 Å². The zero-order valence-corrected chi connectivity index (χ0v) is 16.5. The highest BCUT2D eigenvalue weighted by molar-refractivity contribution is 8.00. The van der Waals surface area contributed by atoms with Gasteiger partial charge in [0.1, 0.15) is 0 Å². The number of hydrogen-bond acceptors (Lipinski definition) is 5. The van der Waals surface area contributed by atoms with Gasteiger partial charge >= 0.3 is 0 Å². The molecular formula is C20H24N4O2S. The summed E-state index contributed by atoms with van der Waals surface area (Å²) >= 11 is 1.34. The predicted octanol–water partition coefficient (Wildman–Crippen LogP) is 4.49. The lowest BCUT2D eigenvalue weighted by Gasteiger charge is -2.36. The quantitative estimate of drug-likeness (QED) is 0.656. The Bertz CT molecular complexity index is 935. The molecule has 7 heteroatoms. The molecule has 2 aromatic heterocycles. The van der Waals surface area contributed by atoms with Gasteiger partial charge in [0.15, 0.2) is 0 Å². The first kappa shape index (κ1) is 18.1. The number of para-hydroxylation sites is 1. The Morgan fingerprint density at radius 3 is 3.07 bits per heavy atom. The van der Waals surface area contributed by atoms with Gasteiger partial charge in [0.25, 0.3) is 11.1 Å². The minimum atomic E-state index is -0.242. The fourth-order valence-corrected chi connectivity index (χ4v) is 4.52. The highest BCUT2D eigenvalue weighted by atomic mass is 32.2. The number of rotatable bonds is 5. The molecule has 4 rings (SSSR count). The second-order valence-corrected chi connectivity index (χ2v) is 8.26. The number of aromatic nitrogens is 3. The Labute approximate surface area is 162 Å². The number of carbonyl (C=O) groups excluding carboxylic acids is 1. The van der Waals surface area contributed by atoms with Crippen LogP contribution in [-0.4, -0.2) is 43.8 Å². The minimum absolute atomic E-state index is 0.165. The van der Waals surface area contributed by atoms with Crippen LogP contribution in [0.5, 0.6) is 0 Å². The van der Waals surface area contributed by atoms with Crippen LogP contribution in [0.25, 0.3) is 22.4 Å². The standard InChI is InChI=1S/C20H24N4O2S/c1-3-14-8-6-7-11-24(14)19(25)13(2)27-20-23-22-18(26-20)16-12-21-17-10-5-4-9-15(16)17/h4-5,9-10,12-14,21H,3,6-8,11H2,1-2H3. The van der Waals surface area contributed by atoms with Crippen molar-refractivity contribution in [2.75, 3.05) is 6.54 Å². The maximum absolute atomic E-state index is 12.9. The molecule has 3 heterocycles. The second kappa shape index (κ2) is 7.76. The lowest BCUT2D eigenvalue weighted by molar-refractivity contribution is -0.134. The molecule has 1 aliphatic heterocycles. The average molecular weight is 385 g/mol. The molecule has 1 aliphatic rings. The monoisotopic (exact) mass is 384 g/mol. The third-order valence-corrected chi connectivity index (χ3v) is 6.15. The number of H-pyrrole nitrogens is 1. The molecule has 1 aromatic carbocycles. The summed E-state index contributed by atoms with van der Waals surface area (Å²) < 4.78 is 5.85. The van der Waals surface area contributed by atoms with Crippen LogP contribution in [0.15, 0.2) is 40.1 Å². The number of piperidine rings is 1. The van der Waals surface area contributed by atoms with Crippen LogP contribution in [0, 0.1) is 0 Å². The van der Waals surface area contributed by atoms with E-state index >= 15 is 0 Å². The van der Waals surface area contributed by atoms with Crippen molar-refractivity contribution < 1.29 is 9.21 Å². The SMILES string of the molecule is CCC1CCCCN1C(=O)C(C)Sc1nnc(-c2c[nH]c3ccccc23)o1. The second-order valence-electron chi connectivity index (χ2n) is 6.97. The number of likely N-dealkylation sites (tertiary alicyclic amines) is 1. The average Bonchev–Trinajstić information content (AvgIpc) is 3.34. The first-order valence-corrected chi connectivity index (χ1v) is 10.4. The smallest absolute Gasteiger partial charge is 0.277 e. The Kier molecular flexibility index (Phi) is 5.20. The minimum Gasteiger partial charge on any atom is -0.411 e. The van der Waals surface area contributed by atoms with Crippen LogP contribution in [0.3, 0.4) is 0 Å². The molecule has 27 heavy (non-hydrogen) atoms.